The van der Waals surface area contributed by atoms with E-state index < -0.39 is 0 Å². The van der Waals surface area contributed by atoms with Gasteiger partial charge in [-0.15, -0.1) is 0 Å². The highest BCUT2D eigenvalue weighted by atomic mass is 16.5. The fourth-order valence-corrected chi connectivity index (χ4v) is 2.69. The number of rotatable bonds is 3. The highest BCUT2D eigenvalue weighted by Gasteiger charge is 2.18. The number of benzene rings is 1. The van der Waals surface area contributed by atoms with Crippen molar-refractivity contribution in [3.05, 3.63) is 30.0 Å². The van der Waals surface area contributed by atoms with Crippen LogP contribution in [0.3, 0.4) is 0 Å². The molecule has 1 heterocycles. The van der Waals surface area contributed by atoms with Crippen LogP contribution in [-0.4, -0.2) is 24.0 Å². The predicted octanol–water partition coefficient (Wildman–Crippen LogP) is 2.85. The molecule has 100 valence electrons. The molecule has 0 unspecified atom stereocenters. The Balaban J connectivity index is 1.81. The van der Waals surface area contributed by atoms with Crippen LogP contribution in [0.2, 0.25) is 0 Å². The van der Waals surface area contributed by atoms with Crippen molar-refractivity contribution in [1.29, 1.82) is 0 Å². The molecule has 2 N–H and O–H groups in total. The lowest BCUT2D eigenvalue weighted by Crippen LogP contribution is -2.32. The SMILES string of the molecule is COc1ccc2[nH]c(C(=O)NC3CCCC3)cc2c1. The van der Waals surface area contributed by atoms with Crippen molar-refractivity contribution in [2.45, 2.75) is 31.7 Å². The summed E-state index contributed by atoms with van der Waals surface area (Å²) < 4.78 is 5.19. The van der Waals surface area contributed by atoms with Crippen molar-refractivity contribution in [2.24, 2.45) is 0 Å². The summed E-state index contributed by atoms with van der Waals surface area (Å²) >= 11 is 0. The summed E-state index contributed by atoms with van der Waals surface area (Å²) in [5, 5.41) is 4.08. The highest BCUT2D eigenvalue weighted by molar-refractivity contribution is 5.98. The van der Waals surface area contributed by atoms with Gasteiger partial charge in [-0.2, -0.15) is 0 Å². The molecule has 0 radical (unpaired) electrons. The van der Waals surface area contributed by atoms with Crippen LogP contribution in [0.1, 0.15) is 36.2 Å². The third-order valence-corrected chi connectivity index (χ3v) is 3.76. The predicted molar refractivity (Wildman–Crippen MR) is 74.6 cm³/mol. The molecule has 1 aliphatic rings. The molecule has 0 atom stereocenters. The summed E-state index contributed by atoms with van der Waals surface area (Å²) in [5.41, 5.74) is 1.58. The average molecular weight is 258 g/mol. The monoisotopic (exact) mass is 258 g/mol. The van der Waals surface area contributed by atoms with Gasteiger partial charge in [0.25, 0.3) is 5.91 Å². The normalized spacial score (nSPS) is 15.8. The van der Waals surface area contributed by atoms with E-state index in [9.17, 15) is 4.79 Å². The summed E-state index contributed by atoms with van der Waals surface area (Å²) in [6.07, 6.45) is 4.63. The Morgan fingerprint density at radius 1 is 1.32 bits per heavy atom. The number of methoxy groups -OCH3 is 1. The number of fused-ring (bicyclic) bond motifs is 1. The summed E-state index contributed by atoms with van der Waals surface area (Å²) in [6.45, 7) is 0. The van der Waals surface area contributed by atoms with E-state index in [0.717, 1.165) is 29.5 Å². The van der Waals surface area contributed by atoms with E-state index >= 15 is 0 Å². The Labute approximate surface area is 112 Å². The molecule has 3 rings (SSSR count). The molecular weight excluding hydrogens is 240 g/mol. The average Bonchev–Trinajstić information content (AvgIpc) is 3.05. The van der Waals surface area contributed by atoms with Crippen molar-refractivity contribution in [3.63, 3.8) is 0 Å². The second kappa shape index (κ2) is 4.96. The molecule has 1 aromatic carbocycles. The minimum atomic E-state index is -0.0120. The minimum absolute atomic E-state index is 0.0120. The molecule has 19 heavy (non-hydrogen) atoms. The number of ether oxygens (including phenoxy) is 1. The molecule has 1 amide bonds. The molecule has 1 saturated carbocycles. The molecule has 1 aromatic heterocycles. The molecule has 1 fully saturated rings. The van der Waals surface area contributed by atoms with Crippen molar-refractivity contribution in [1.82, 2.24) is 10.3 Å². The molecule has 1 aliphatic carbocycles. The standard InChI is InChI=1S/C15H18N2O2/c1-19-12-6-7-13-10(8-12)9-14(17-13)15(18)16-11-4-2-3-5-11/h6-9,11,17H,2-5H2,1H3,(H,16,18). The lowest BCUT2D eigenvalue weighted by molar-refractivity contribution is 0.0933. The largest absolute Gasteiger partial charge is 0.497 e. The number of carbonyl (C=O) groups excluding carboxylic acids is 1. The van der Waals surface area contributed by atoms with E-state index in [1.54, 1.807) is 7.11 Å². The van der Waals surface area contributed by atoms with Gasteiger partial charge in [-0.25, -0.2) is 0 Å². The molecule has 0 spiro atoms. The smallest absolute Gasteiger partial charge is 0.267 e. The number of hydrogen-bond donors (Lipinski definition) is 2. The molecule has 0 saturated heterocycles. The summed E-state index contributed by atoms with van der Waals surface area (Å²) in [4.78, 5) is 15.3. The maximum Gasteiger partial charge on any atom is 0.267 e. The fraction of sp³-hybridized carbons (Fsp3) is 0.400. The maximum atomic E-state index is 12.2. The number of amides is 1. The minimum Gasteiger partial charge on any atom is -0.497 e. The lowest BCUT2D eigenvalue weighted by atomic mass is 10.2. The first-order valence-corrected chi connectivity index (χ1v) is 6.74. The summed E-state index contributed by atoms with van der Waals surface area (Å²) in [7, 11) is 1.64. The van der Waals surface area contributed by atoms with Crippen LogP contribution >= 0.6 is 0 Å². The number of aromatic amines is 1. The maximum absolute atomic E-state index is 12.2. The first-order chi connectivity index (χ1) is 9.26. The fourth-order valence-electron chi connectivity index (χ4n) is 2.69. The third-order valence-electron chi connectivity index (χ3n) is 3.76. The van der Waals surface area contributed by atoms with Crippen molar-refractivity contribution >= 4 is 16.8 Å². The highest BCUT2D eigenvalue weighted by Crippen LogP contribution is 2.22. The van der Waals surface area contributed by atoms with Crippen molar-refractivity contribution < 1.29 is 9.53 Å². The zero-order chi connectivity index (χ0) is 13.2. The molecule has 2 aromatic rings. The lowest BCUT2D eigenvalue weighted by Gasteiger charge is -2.10. The third kappa shape index (κ3) is 2.43. The van der Waals surface area contributed by atoms with E-state index in [-0.39, 0.29) is 5.91 Å². The van der Waals surface area contributed by atoms with Gasteiger partial charge >= 0.3 is 0 Å². The number of carbonyl (C=O) groups is 1. The second-order valence-corrected chi connectivity index (χ2v) is 5.09. The van der Waals surface area contributed by atoms with Gasteiger partial charge in [-0.1, -0.05) is 12.8 Å². The number of nitrogens with one attached hydrogen (secondary N) is 2. The van der Waals surface area contributed by atoms with Crippen molar-refractivity contribution in [3.8, 4) is 5.75 Å². The van der Waals surface area contributed by atoms with E-state index in [1.165, 1.54) is 12.8 Å². The summed E-state index contributed by atoms with van der Waals surface area (Å²) in [5.74, 6) is 0.788. The van der Waals surface area contributed by atoms with Gasteiger partial charge in [-0.3, -0.25) is 4.79 Å². The van der Waals surface area contributed by atoms with Crippen LogP contribution in [0.25, 0.3) is 10.9 Å². The van der Waals surface area contributed by atoms with Gasteiger partial charge in [0.2, 0.25) is 0 Å². The zero-order valence-corrected chi connectivity index (χ0v) is 11.0. The van der Waals surface area contributed by atoms with Gasteiger partial charge in [-0.05, 0) is 37.1 Å². The topological polar surface area (TPSA) is 54.1 Å². The van der Waals surface area contributed by atoms with Gasteiger partial charge in [0.15, 0.2) is 0 Å². The molecule has 0 aliphatic heterocycles. The Morgan fingerprint density at radius 2 is 2.11 bits per heavy atom. The number of aromatic nitrogens is 1. The first-order valence-electron chi connectivity index (χ1n) is 6.74. The van der Waals surface area contributed by atoms with E-state index in [0.29, 0.717) is 11.7 Å². The Bertz CT molecular complexity index is 597. The van der Waals surface area contributed by atoms with E-state index in [4.69, 9.17) is 4.74 Å². The molecular formula is C15H18N2O2. The first kappa shape index (κ1) is 12.1. The van der Waals surface area contributed by atoms with Crippen LogP contribution in [0.15, 0.2) is 24.3 Å². The van der Waals surface area contributed by atoms with Crippen LogP contribution in [0.4, 0.5) is 0 Å². The van der Waals surface area contributed by atoms with Crippen LogP contribution in [0.5, 0.6) is 5.75 Å². The summed E-state index contributed by atoms with van der Waals surface area (Å²) in [6, 6.07) is 7.96. The van der Waals surface area contributed by atoms with Crippen LogP contribution in [-0.2, 0) is 0 Å². The molecule has 4 heteroatoms. The quantitative estimate of drug-likeness (QED) is 0.889. The Morgan fingerprint density at radius 3 is 2.84 bits per heavy atom. The van der Waals surface area contributed by atoms with Gasteiger partial charge in [0.05, 0.1) is 7.11 Å². The second-order valence-electron chi connectivity index (χ2n) is 5.09. The van der Waals surface area contributed by atoms with Gasteiger partial charge in [0.1, 0.15) is 11.4 Å². The number of hydrogen-bond acceptors (Lipinski definition) is 2. The molecule has 0 bridgehead atoms. The van der Waals surface area contributed by atoms with Gasteiger partial charge < -0.3 is 15.0 Å². The van der Waals surface area contributed by atoms with E-state index in [2.05, 4.69) is 10.3 Å². The van der Waals surface area contributed by atoms with Crippen LogP contribution < -0.4 is 10.1 Å². The zero-order valence-electron chi connectivity index (χ0n) is 11.0. The molecule has 4 nitrogen and oxygen atoms in total. The Hall–Kier alpha value is -1.97. The van der Waals surface area contributed by atoms with E-state index in [1.807, 2.05) is 24.3 Å². The van der Waals surface area contributed by atoms with Crippen LogP contribution in [0, 0.1) is 0 Å². The number of H-pyrrole nitrogens is 1. The van der Waals surface area contributed by atoms with Gasteiger partial charge in [0, 0.05) is 16.9 Å². The van der Waals surface area contributed by atoms with Crippen molar-refractivity contribution in [2.75, 3.05) is 7.11 Å². The Kier molecular flexibility index (Phi) is 3.15.